The molecule has 5 heteroatoms. The summed E-state index contributed by atoms with van der Waals surface area (Å²) in [6, 6.07) is 13.5. The number of aromatic nitrogens is 2. The van der Waals surface area contributed by atoms with Gasteiger partial charge in [-0.15, -0.1) is 0 Å². The van der Waals surface area contributed by atoms with Gasteiger partial charge < -0.3 is 10.1 Å². The Hall–Kier alpha value is -2.14. The predicted octanol–water partition coefficient (Wildman–Crippen LogP) is 4.14. The van der Waals surface area contributed by atoms with Crippen molar-refractivity contribution in [1.29, 1.82) is 0 Å². The van der Waals surface area contributed by atoms with Gasteiger partial charge in [0, 0.05) is 10.5 Å². The normalized spacial score (nSPS) is 10.5. The molecule has 2 aromatic carbocycles. The molecule has 4 nitrogen and oxygen atoms in total. The number of para-hydroxylation sites is 2. The molecule has 0 saturated heterocycles. The van der Waals surface area contributed by atoms with E-state index < -0.39 is 0 Å². The van der Waals surface area contributed by atoms with Crippen LogP contribution in [0.2, 0.25) is 0 Å². The zero-order chi connectivity index (χ0) is 13.9. The van der Waals surface area contributed by atoms with Crippen molar-refractivity contribution in [2.45, 2.75) is 0 Å². The highest BCUT2D eigenvalue weighted by Gasteiger charge is 2.05. The van der Waals surface area contributed by atoms with E-state index in [0.29, 0.717) is 5.82 Å². The topological polar surface area (TPSA) is 47.0 Å². The molecule has 1 aromatic heterocycles. The van der Waals surface area contributed by atoms with E-state index in [0.717, 1.165) is 26.9 Å². The maximum atomic E-state index is 5.22. The number of anilines is 2. The fraction of sp³-hybridized carbons (Fsp3) is 0.0667. The first-order chi connectivity index (χ1) is 9.76. The van der Waals surface area contributed by atoms with Gasteiger partial charge in [0.1, 0.15) is 11.6 Å². The number of nitrogens with one attached hydrogen (secondary N) is 1. The molecule has 3 rings (SSSR count). The van der Waals surface area contributed by atoms with Crippen molar-refractivity contribution in [3.05, 3.63) is 53.1 Å². The van der Waals surface area contributed by atoms with Gasteiger partial charge in [0.25, 0.3) is 0 Å². The van der Waals surface area contributed by atoms with E-state index in [-0.39, 0.29) is 0 Å². The molecule has 0 amide bonds. The summed E-state index contributed by atoms with van der Waals surface area (Å²) in [5.74, 6) is 1.47. The van der Waals surface area contributed by atoms with E-state index >= 15 is 0 Å². The van der Waals surface area contributed by atoms with Crippen LogP contribution in [0, 0.1) is 0 Å². The van der Waals surface area contributed by atoms with Crippen LogP contribution in [0.4, 0.5) is 11.5 Å². The number of methoxy groups -OCH3 is 1. The van der Waals surface area contributed by atoms with E-state index in [1.807, 2.05) is 42.5 Å². The van der Waals surface area contributed by atoms with Gasteiger partial charge in [-0.2, -0.15) is 0 Å². The highest BCUT2D eigenvalue weighted by atomic mass is 79.9. The third-order valence-electron chi connectivity index (χ3n) is 2.88. The summed E-state index contributed by atoms with van der Waals surface area (Å²) in [5.41, 5.74) is 2.62. The van der Waals surface area contributed by atoms with E-state index in [4.69, 9.17) is 4.74 Å². The molecule has 1 N–H and O–H groups in total. The van der Waals surface area contributed by atoms with Crippen molar-refractivity contribution in [2.24, 2.45) is 0 Å². The number of ether oxygens (including phenoxy) is 1. The van der Waals surface area contributed by atoms with Crippen LogP contribution in [-0.4, -0.2) is 17.1 Å². The average Bonchev–Trinajstić information content (AvgIpc) is 2.49. The fourth-order valence-electron chi connectivity index (χ4n) is 1.88. The first-order valence-electron chi connectivity index (χ1n) is 6.08. The Morgan fingerprint density at radius 2 is 1.90 bits per heavy atom. The van der Waals surface area contributed by atoms with Gasteiger partial charge in [-0.1, -0.05) is 12.1 Å². The van der Waals surface area contributed by atoms with Gasteiger partial charge in [0.15, 0.2) is 0 Å². The van der Waals surface area contributed by atoms with Crippen LogP contribution in [0.15, 0.2) is 53.1 Å². The maximum absolute atomic E-state index is 5.22. The van der Waals surface area contributed by atoms with Crippen molar-refractivity contribution in [3.8, 4) is 5.75 Å². The van der Waals surface area contributed by atoms with Gasteiger partial charge in [-0.05, 0) is 40.2 Å². The minimum atomic E-state index is 0.692. The second kappa shape index (κ2) is 5.46. The van der Waals surface area contributed by atoms with Gasteiger partial charge >= 0.3 is 0 Å². The highest BCUT2D eigenvalue weighted by Crippen LogP contribution is 2.29. The summed E-state index contributed by atoms with van der Waals surface area (Å²) in [6.07, 6.45) is 1.72. The summed E-state index contributed by atoms with van der Waals surface area (Å²) in [6.45, 7) is 0. The zero-order valence-electron chi connectivity index (χ0n) is 10.8. The molecule has 0 fully saturated rings. The average molecular weight is 330 g/mol. The molecule has 0 radical (unpaired) electrons. The summed E-state index contributed by atoms with van der Waals surface area (Å²) in [7, 11) is 1.64. The molecule has 0 aliphatic carbocycles. The number of halogens is 1. The van der Waals surface area contributed by atoms with Crippen molar-refractivity contribution in [1.82, 2.24) is 9.97 Å². The van der Waals surface area contributed by atoms with E-state index in [9.17, 15) is 0 Å². The standard InChI is InChI=1S/C15H12BrN3O/c1-20-10-6-7-11(16)14(8-10)19-15-9-17-12-4-2-3-5-13(12)18-15/h2-9H,1H3,(H,18,19). The molecule has 0 spiro atoms. The molecule has 0 unspecified atom stereocenters. The monoisotopic (exact) mass is 329 g/mol. The minimum absolute atomic E-state index is 0.692. The summed E-state index contributed by atoms with van der Waals surface area (Å²) >= 11 is 3.50. The molecule has 3 aromatic rings. The minimum Gasteiger partial charge on any atom is -0.497 e. The number of nitrogens with zero attached hydrogens (tertiary/aromatic N) is 2. The Morgan fingerprint density at radius 3 is 2.70 bits per heavy atom. The number of fused-ring (bicyclic) bond motifs is 1. The highest BCUT2D eigenvalue weighted by molar-refractivity contribution is 9.10. The third kappa shape index (κ3) is 2.58. The Labute approximate surface area is 125 Å². The smallest absolute Gasteiger partial charge is 0.149 e. The van der Waals surface area contributed by atoms with Crippen LogP contribution < -0.4 is 10.1 Å². The molecule has 0 aliphatic rings. The van der Waals surface area contributed by atoms with E-state index in [1.54, 1.807) is 13.3 Å². The van der Waals surface area contributed by atoms with Crippen molar-refractivity contribution < 1.29 is 4.74 Å². The largest absolute Gasteiger partial charge is 0.497 e. The summed E-state index contributed by atoms with van der Waals surface area (Å²) in [4.78, 5) is 8.91. The molecular weight excluding hydrogens is 318 g/mol. The van der Waals surface area contributed by atoms with Crippen molar-refractivity contribution in [3.63, 3.8) is 0 Å². The molecule has 0 atom stereocenters. The SMILES string of the molecule is COc1ccc(Br)c(Nc2cnc3ccccc3n2)c1. The lowest BCUT2D eigenvalue weighted by molar-refractivity contribution is 0.415. The van der Waals surface area contributed by atoms with Crippen LogP contribution >= 0.6 is 15.9 Å². The van der Waals surface area contributed by atoms with Crippen LogP contribution in [0.1, 0.15) is 0 Å². The second-order valence-corrected chi connectivity index (χ2v) is 5.07. The molecule has 100 valence electrons. The van der Waals surface area contributed by atoms with E-state index in [2.05, 4.69) is 31.2 Å². The second-order valence-electron chi connectivity index (χ2n) is 4.21. The molecular formula is C15H12BrN3O. The maximum Gasteiger partial charge on any atom is 0.149 e. The number of hydrogen-bond donors (Lipinski definition) is 1. The lowest BCUT2D eigenvalue weighted by Crippen LogP contribution is -1.96. The number of hydrogen-bond acceptors (Lipinski definition) is 4. The summed E-state index contributed by atoms with van der Waals surface area (Å²) in [5, 5.41) is 3.24. The molecule has 0 aliphatic heterocycles. The molecule has 20 heavy (non-hydrogen) atoms. The Balaban J connectivity index is 1.96. The van der Waals surface area contributed by atoms with Gasteiger partial charge in [-0.3, -0.25) is 4.98 Å². The molecule has 0 saturated carbocycles. The van der Waals surface area contributed by atoms with Gasteiger partial charge in [0.2, 0.25) is 0 Å². The Kier molecular flexibility index (Phi) is 3.52. The van der Waals surface area contributed by atoms with Crippen LogP contribution in [-0.2, 0) is 0 Å². The number of benzene rings is 2. The van der Waals surface area contributed by atoms with E-state index in [1.165, 1.54) is 0 Å². The van der Waals surface area contributed by atoms with Crippen molar-refractivity contribution in [2.75, 3.05) is 12.4 Å². The number of rotatable bonds is 3. The molecule has 1 heterocycles. The van der Waals surface area contributed by atoms with Crippen LogP contribution in [0.3, 0.4) is 0 Å². The lowest BCUT2D eigenvalue weighted by atomic mass is 10.3. The predicted molar refractivity (Wildman–Crippen MR) is 83.5 cm³/mol. The van der Waals surface area contributed by atoms with Crippen LogP contribution in [0.5, 0.6) is 5.75 Å². The Bertz CT molecular complexity index is 761. The zero-order valence-corrected chi connectivity index (χ0v) is 12.4. The van der Waals surface area contributed by atoms with Crippen molar-refractivity contribution >= 4 is 38.5 Å². The Morgan fingerprint density at radius 1 is 1.10 bits per heavy atom. The first-order valence-corrected chi connectivity index (χ1v) is 6.88. The first kappa shape index (κ1) is 12.9. The van der Waals surface area contributed by atoms with Crippen LogP contribution in [0.25, 0.3) is 11.0 Å². The van der Waals surface area contributed by atoms with Gasteiger partial charge in [0.05, 0.1) is 30.0 Å². The molecule has 0 bridgehead atoms. The lowest BCUT2D eigenvalue weighted by Gasteiger charge is -2.10. The van der Waals surface area contributed by atoms with Gasteiger partial charge in [-0.25, -0.2) is 4.98 Å². The third-order valence-corrected chi connectivity index (χ3v) is 3.58. The quantitative estimate of drug-likeness (QED) is 0.784. The fourth-order valence-corrected chi connectivity index (χ4v) is 2.23. The summed E-state index contributed by atoms with van der Waals surface area (Å²) < 4.78 is 6.16.